The van der Waals surface area contributed by atoms with Crippen LogP contribution in [-0.4, -0.2) is 29.2 Å². The summed E-state index contributed by atoms with van der Waals surface area (Å²) in [6.07, 6.45) is 6.83. The predicted molar refractivity (Wildman–Crippen MR) is 61.2 cm³/mol. The van der Waals surface area contributed by atoms with Gasteiger partial charge in [-0.2, -0.15) is 0 Å². The number of rotatable bonds is 7. The van der Waals surface area contributed by atoms with Gasteiger partial charge in [0, 0.05) is 25.4 Å². The van der Waals surface area contributed by atoms with Crippen molar-refractivity contribution < 1.29 is 9.53 Å². The van der Waals surface area contributed by atoms with Crippen LogP contribution < -0.4 is 5.32 Å². The summed E-state index contributed by atoms with van der Waals surface area (Å²) in [5.41, 5.74) is 0. The van der Waals surface area contributed by atoms with Crippen molar-refractivity contribution in [3.63, 3.8) is 0 Å². The maximum absolute atomic E-state index is 11.1. The standard InChI is InChI=1S/C11H19N3O2/c1-2-3-9-16-11(15)14-6-4-5-10-12-7-8-13-10/h7-8H,2-6,9H2,1H3,(H,12,13)(H,14,15). The van der Waals surface area contributed by atoms with E-state index < -0.39 is 0 Å². The molecule has 0 bridgehead atoms. The van der Waals surface area contributed by atoms with Crippen LogP contribution in [0.1, 0.15) is 32.0 Å². The molecule has 0 saturated heterocycles. The Balaban J connectivity index is 1.96. The largest absolute Gasteiger partial charge is 0.450 e. The second-order valence-corrected chi connectivity index (χ2v) is 3.56. The third kappa shape index (κ3) is 5.38. The quantitative estimate of drug-likeness (QED) is 0.696. The Labute approximate surface area is 95.6 Å². The van der Waals surface area contributed by atoms with Gasteiger partial charge >= 0.3 is 6.09 Å². The van der Waals surface area contributed by atoms with E-state index in [9.17, 15) is 4.79 Å². The van der Waals surface area contributed by atoms with E-state index in [0.29, 0.717) is 13.2 Å². The first kappa shape index (κ1) is 12.5. The number of aromatic amines is 1. The van der Waals surface area contributed by atoms with Crippen LogP contribution >= 0.6 is 0 Å². The molecule has 0 fully saturated rings. The van der Waals surface area contributed by atoms with Crippen molar-refractivity contribution in [3.05, 3.63) is 18.2 Å². The monoisotopic (exact) mass is 225 g/mol. The molecule has 1 amide bonds. The van der Waals surface area contributed by atoms with E-state index in [1.54, 1.807) is 12.4 Å². The fraction of sp³-hybridized carbons (Fsp3) is 0.636. The van der Waals surface area contributed by atoms with E-state index in [0.717, 1.165) is 31.5 Å². The van der Waals surface area contributed by atoms with Crippen LogP contribution in [0.3, 0.4) is 0 Å². The highest BCUT2D eigenvalue weighted by molar-refractivity contribution is 5.66. The van der Waals surface area contributed by atoms with Crippen LogP contribution in [0.2, 0.25) is 0 Å². The molecule has 0 aliphatic rings. The molecule has 5 heteroatoms. The molecule has 1 aromatic rings. The number of aryl methyl sites for hydroxylation is 1. The van der Waals surface area contributed by atoms with Gasteiger partial charge in [0.1, 0.15) is 5.82 Å². The highest BCUT2D eigenvalue weighted by Crippen LogP contribution is 1.94. The second-order valence-electron chi connectivity index (χ2n) is 3.56. The fourth-order valence-electron chi connectivity index (χ4n) is 1.24. The number of aromatic nitrogens is 2. The summed E-state index contributed by atoms with van der Waals surface area (Å²) in [4.78, 5) is 18.2. The van der Waals surface area contributed by atoms with E-state index in [4.69, 9.17) is 4.74 Å². The highest BCUT2D eigenvalue weighted by Gasteiger charge is 2.00. The SMILES string of the molecule is CCCCOC(=O)NCCCc1ncc[nH]1. The number of nitrogens with one attached hydrogen (secondary N) is 2. The van der Waals surface area contributed by atoms with Crippen molar-refractivity contribution in [1.29, 1.82) is 0 Å². The Morgan fingerprint density at radius 1 is 1.56 bits per heavy atom. The third-order valence-corrected chi connectivity index (χ3v) is 2.15. The predicted octanol–water partition coefficient (Wildman–Crippen LogP) is 1.87. The number of carbonyl (C=O) groups excluding carboxylic acids is 1. The maximum Gasteiger partial charge on any atom is 0.407 e. The molecule has 1 rings (SSSR count). The van der Waals surface area contributed by atoms with Gasteiger partial charge in [0.25, 0.3) is 0 Å². The first-order valence-corrected chi connectivity index (χ1v) is 5.71. The molecule has 0 spiro atoms. The number of amides is 1. The molecule has 1 aromatic heterocycles. The summed E-state index contributed by atoms with van der Waals surface area (Å²) in [5, 5.41) is 2.70. The van der Waals surface area contributed by atoms with Gasteiger partial charge in [-0.15, -0.1) is 0 Å². The van der Waals surface area contributed by atoms with Crippen molar-refractivity contribution in [2.24, 2.45) is 0 Å². The molecule has 0 atom stereocenters. The fourth-order valence-corrected chi connectivity index (χ4v) is 1.24. The molecule has 0 aliphatic heterocycles. The lowest BCUT2D eigenvalue weighted by molar-refractivity contribution is 0.144. The maximum atomic E-state index is 11.1. The Bertz CT molecular complexity index is 285. The Morgan fingerprint density at radius 3 is 3.12 bits per heavy atom. The second kappa shape index (κ2) is 7.73. The van der Waals surface area contributed by atoms with E-state index in [1.807, 2.05) is 0 Å². The molecule has 5 nitrogen and oxygen atoms in total. The lowest BCUT2D eigenvalue weighted by atomic mass is 10.3. The normalized spacial score (nSPS) is 10.1. The first-order valence-electron chi connectivity index (χ1n) is 5.71. The van der Waals surface area contributed by atoms with Crippen molar-refractivity contribution in [3.8, 4) is 0 Å². The number of nitrogens with zero attached hydrogens (tertiary/aromatic N) is 1. The summed E-state index contributed by atoms with van der Waals surface area (Å²) in [6.45, 7) is 3.18. The number of hydrogen-bond donors (Lipinski definition) is 2. The van der Waals surface area contributed by atoms with Crippen LogP contribution in [0.4, 0.5) is 4.79 Å². The van der Waals surface area contributed by atoms with E-state index in [2.05, 4.69) is 22.2 Å². The summed E-state index contributed by atoms with van der Waals surface area (Å²) in [6, 6.07) is 0. The van der Waals surface area contributed by atoms with Crippen molar-refractivity contribution in [1.82, 2.24) is 15.3 Å². The minimum absolute atomic E-state index is 0.326. The molecule has 16 heavy (non-hydrogen) atoms. The highest BCUT2D eigenvalue weighted by atomic mass is 16.5. The average molecular weight is 225 g/mol. The van der Waals surface area contributed by atoms with Gasteiger partial charge in [-0.25, -0.2) is 9.78 Å². The van der Waals surface area contributed by atoms with Crippen LogP contribution in [-0.2, 0) is 11.2 Å². The Morgan fingerprint density at radius 2 is 2.44 bits per heavy atom. The van der Waals surface area contributed by atoms with Crippen LogP contribution in [0.15, 0.2) is 12.4 Å². The molecule has 0 saturated carbocycles. The van der Waals surface area contributed by atoms with Gasteiger partial charge in [-0.1, -0.05) is 13.3 Å². The van der Waals surface area contributed by atoms with Crippen LogP contribution in [0, 0.1) is 0 Å². The number of carbonyl (C=O) groups is 1. The topological polar surface area (TPSA) is 67.0 Å². The molecule has 0 radical (unpaired) electrons. The van der Waals surface area contributed by atoms with Crippen LogP contribution in [0.5, 0.6) is 0 Å². The summed E-state index contributed by atoms with van der Waals surface area (Å²) in [7, 11) is 0. The lowest BCUT2D eigenvalue weighted by Gasteiger charge is -2.05. The van der Waals surface area contributed by atoms with E-state index >= 15 is 0 Å². The van der Waals surface area contributed by atoms with Gasteiger partial charge in [0.15, 0.2) is 0 Å². The molecule has 2 N–H and O–H groups in total. The summed E-state index contributed by atoms with van der Waals surface area (Å²) in [5.74, 6) is 0.946. The molecule has 1 heterocycles. The van der Waals surface area contributed by atoms with E-state index in [1.165, 1.54) is 0 Å². The number of alkyl carbamates (subject to hydrolysis) is 1. The zero-order valence-corrected chi connectivity index (χ0v) is 9.66. The first-order chi connectivity index (χ1) is 7.83. The van der Waals surface area contributed by atoms with Gasteiger partial charge in [0.05, 0.1) is 6.61 Å². The number of hydrogen-bond acceptors (Lipinski definition) is 3. The minimum Gasteiger partial charge on any atom is -0.450 e. The van der Waals surface area contributed by atoms with Gasteiger partial charge in [-0.3, -0.25) is 0 Å². The molecule has 0 aliphatic carbocycles. The Hall–Kier alpha value is -1.52. The third-order valence-electron chi connectivity index (χ3n) is 2.15. The average Bonchev–Trinajstić information content (AvgIpc) is 2.78. The molecular formula is C11H19N3O2. The Kier molecular flexibility index (Phi) is 6.06. The number of ether oxygens (including phenoxy) is 1. The molecule has 90 valence electrons. The zero-order chi connectivity index (χ0) is 11.6. The van der Waals surface area contributed by atoms with Gasteiger partial charge in [0.2, 0.25) is 0 Å². The van der Waals surface area contributed by atoms with Gasteiger partial charge in [-0.05, 0) is 12.8 Å². The zero-order valence-electron chi connectivity index (χ0n) is 9.66. The van der Waals surface area contributed by atoms with Gasteiger partial charge < -0.3 is 15.0 Å². The smallest absolute Gasteiger partial charge is 0.407 e. The molecule has 0 aromatic carbocycles. The number of H-pyrrole nitrogens is 1. The summed E-state index contributed by atoms with van der Waals surface area (Å²) < 4.78 is 4.95. The lowest BCUT2D eigenvalue weighted by Crippen LogP contribution is -2.26. The molecule has 0 unspecified atom stereocenters. The number of unbranched alkanes of at least 4 members (excludes halogenated alkanes) is 1. The minimum atomic E-state index is -0.326. The van der Waals surface area contributed by atoms with Crippen molar-refractivity contribution in [2.45, 2.75) is 32.6 Å². The van der Waals surface area contributed by atoms with Crippen molar-refractivity contribution >= 4 is 6.09 Å². The van der Waals surface area contributed by atoms with E-state index in [-0.39, 0.29) is 6.09 Å². The van der Waals surface area contributed by atoms with Crippen LogP contribution in [0.25, 0.3) is 0 Å². The van der Waals surface area contributed by atoms with Crippen molar-refractivity contribution in [2.75, 3.05) is 13.2 Å². The summed E-state index contributed by atoms with van der Waals surface area (Å²) >= 11 is 0. The molecular weight excluding hydrogens is 206 g/mol. The number of imidazole rings is 1.